The van der Waals surface area contributed by atoms with Gasteiger partial charge in [-0.1, -0.05) is 13.8 Å². The highest BCUT2D eigenvalue weighted by Crippen LogP contribution is 2.21. The number of primary amides is 1. The third-order valence-electron chi connectivity index (χ3n) is 2.87. The molecule has 1 atom stereocenters. The van der Waals surface area contributed by atoms with Gasteiger partial charge >= 0.3 is 0 Å². The van der Waals surface area contributed by atoms with E-state index in [1.807, 2.05) is 20.9 Å². The molecule has 17 heavy (non-hydrogen) atoms. The monoisotopic (exact) mass is 238 g/mol. The average Bonchev–Trinajstić information content (AvgIpc) is 2.44. The Kier molecular flexibility index (Phi) is 4.28. The molecule has 0 saturated heterocycles. The maximum absolute atomic E-state index is 11.5. The van der Waals surface area contributed by atoms with Gasteiger partial charge in [0.2, 0.25) is 5.91 Å². The maximum Gasteiger partial charge on any atom is 0.239 e. The second-order valence-corrected chi connectivity index (χ2v) is 4.85. The number of carbonyl (C=O) groups excluding carboxylic acids is 1. The molecule has 0 fully saturated rings. The topological polar surface area (TPSA) is 72.9 Å². The fourth-order valence-corrected chi connectivity index (χ4v) is 1.91. The molecule has 0 aliphatic carbocycles. The van der Waals surface area contributed by atoms with Crippen molar-refractivity contribution in [3.63, 3.8) is 0 Å². The second-order valence-electron chi connectivity index (χ2n) is 4.85. The molecule has 1 rings (SSSR count). The van der Waals surface area contributed by atoms with Crippen LogP contribution in [0.1, 0.15) is 36.8 Å². The second kappa shape index (κ2) is 5.31. The molecule has 5 heteroatoms. The van der Waals surface area contributed by atoms with Crippen LogP contribution < -0.4 is 11.1 Å². The zero-order valence-electron chi connectivity index (χ0n) is 11.2. The van der Waals surface area contributed by atoms with Crippen molar-refractivity contribution in [3.05, 3.63) is 17.0 Å². The summed E-state index contributed by atoms with van der Waals surface area (Å²) in [5.74, 6) is 0.110. The molecular weight excluding hydrogens is 216 g/mol. The Hall–Kier alpha value is -1.36. The van der Waals surface area contributed by atoms with Crippen LogP contribution in [0.15, 0.2) is 0 Å². The van der Waals surface area contributed by atoms with E-state index in [0.29, 0.717) is 5.92 Å². The summed E-state index contributed by atoms with van der Waals surface area (Å²) in [7, 11) is 1.87. The number of carbonyl (C=O) groups is 1. The molecule has 0 saturated carbocycles. The molecule has 1 aromatic heterocycles. The van der Waals surface area contributed by atoms with Gasteiger partial charge < -0.3 is 11.1 Å². The number of aromatic nitrogens is 2. The van der Waals surface area contributed by atoms with Crippen molar-refractivity contribution in [2.75, 3.05) is 6.54 Å². The van der Waals surface area contributed by atoms with Crippen molar-refractivity contribution in [2.24, 2.45) is 18.7 Å². The summed E-state index contributed by atoms with van der Waals surface area (Å²) in [4.78, 5) is 11.5. The van der Waals surface area contributed by atoms with Crippen LogP contribution >= 0.6 is 0 Å². The zero-order chi connectivity index (χ0) is 13.2. The minimum atomic E-state index is -0.453. The molecule has 0 spiro atoms. The summed E-state index contributed by atoms with van der Waals surface area (Å²) in [6.07, 6.45) is 0. The van der Waals surface area contributed by atoms with Crippen molar-refractivity contribution in [2.45, 2.75) is 33.7 Å². The summed E-state index contributed by atoms with van der Waals surface area (Å²) < 4.78 is 1.78. The normalized spacial score (nSPS) is 13.1. The highest BCUT2D eigenvalue weighted by atomic mass is 16.1. The summed E-state index contributed by atoms with van der Waals surface area (Å²) in [5, 5.41) is 7.51. The Morgan fingerprint density at radius 1 is 1.47 bits per heavy atom. The minimum absolute atomic E-state index is 0.357. The van der Waals surface area contributed by atoms with Crippen LogP contribution in [0.3, 0.4) is 0 Å². The van der Waals surface area contributed by atoms with Crippen molar-refractivity contribution in [1.29, 1.82) is 0 Å². The first kappa shape index (κ1) is 13.7. The number of nitrogens with one attached hydrogen (secondary N) is 1. The van der Waals surface area contributed by atoms with Gasteiger partial charge in [-0.05, 0) is 26.3 Å². The number of nitrogens with two attached hydrogens (primary N) is 1. The Morgan fingerprint density at radius 3 is 2.41 bits per heavy atom. The first-order valence-corrected chi connectivity index (χ1v) is 5.87. The van der Waals surface area contributed by atoms with E-state index in [1.165, 1.54) is 0 Å². The van der Waals surface area contributed by atoms with E-state index in [9.17, 15) is 4.79 Å². The van der Waals surface area contributed by atoms with E-state index in [2.05, 4.69) is 24.3 Å². The summed E-state index contributed by atoms with van der Waals surface area (Å²) in [5.41, 5.74) is 8.19. The van der Waals surface area contributed by atoms with Gasteiger partial charge in [0.1, 0.15) is 6.04 Å². The number of hydrogen-bond acceptors (Lipinski definition) is 3. The molecule has 0 aromatic carbocycles. The highest BCUT2D eigenvalue weighted by molar-refractivity contribution is 5.82. The molecule has 1 unspecified atom stereocenters. The summed E-state index contributed by atoms with van der Waals surface area (Å²) in [6, 6.07) is -0.453. The molecule has 3 N–H and O–H groups in total. The fraction of sp³-hybridized carbons (Fsp3) is 0.667. The van der Waals surface area contributed by atoms with Gasteiger partial charge in [0.25, 0.3) is 0 Å². The number of rotatable bonds is 5. The van der Waals surface area contributed by atoms with Gasteiger partial charge in [0, 0.05) is 18.3 Å². The number of aryl methyl sites for hydroxylation is 2. The van der Waals surface area contributed by atoms with Crippen molar-refractivity contribution in [3.8, 4) is 0 Å². The molecule has 0 aliphatic rings. The quantitative estimate of drug-likeness (QED) is 0.797. The van der Waals surface area contributed by atoms with Crippen LogP contribution in [-0.4, -0.2) is 22.2 Å². The molecule has 1 heterocycles. The Balaban J connectivity index is 3.01. The van der Waals surface area contributed by atoms with Gasteiger partial charge in [-0.2, -0.15) is 5.10 Å². The average molecular weight is 238 g/mol. The van der Waals surface area contributed by atoms with Crippen molar-refractivity contribution < 1.29 is 4.79 Å². The van der Waals surface area contributed by atoms with Gasteiger partial charge in [0.05, 0.1) is 5.69 Å². The smallest absolute Gasteiger partial charge is 0.239 e. The third-order valence-corrected chi connectivity index (χ3v) is 2.87. The summed E-state index contributed by atoms with van der Waals surface area (Å²) in [6.45, 7) is 8.78. The number of nitrogens with zero attached hydrogens (tertiary/aromatic N) is 2. The predicted molar refractivity (Wildman–Crippen MR) is 67.5 cm³/mol. The number of hydrogen-bond donors (Lipinski definition) is 2. The van der Waals surface area contributed by atoms with Gasteiger partial charge in [0.15, 0.2) is 0 Å². The van der Waals surface area contributed by atoms with Crippen LogP contribution in [0.25, 0.3) is 0 Å². The molecule has 0 aliphatic heterocycles. The van der Waals surface area contributed by atoms with E-state index in [-0.39, 0.29) is 5.91 Å². The van der Waals surface area contributed by atoms with Gasteiger partial charge in [-0.3, -0.25) is 9.48 Å². The molecule has 5 nitrogen and oxygen atoms in total. The lowest BCUT2D eigenvalue weighted by Gasteiger charge is -2.17. The van der Waals surface area contributed by atoms with Crippen LogP contribution in [0, 0.1) is 19.8 Å². The molecule has 96 valence electrons. The summed E-state index contributed by atoms with van der Waals surface area (Å²) >= 11 is 0. The van der Waals surface area contributed by atoms with Crippen LogP contribution in [0.4, 0.5) is 0 Å². The fourth-order valence-electron chi connectivity index (χ4n) is 1.91. The predicted octanol–water partition coefficient (Wildman–Crippen LogP) is 0.809. The SMILES string of the molecule is Cc1nn(C)c(C)c1C(NCC(C)C)C(N)=O. The number of amides is 1. The van der Waals surface area contributed by atoms with E-state index in [1.54, 1.807) is 4.68 Å². The molecular formula is C12H22N4O. The van der Waals surface area contributed by atoms with Crippen molar-refractivity contribution >= 4 is 5.91 Å². The van der Waals surface area contributed by atoms with E-state index < -0.39 is 6.04 Å². The van der Waals surface area contributed by atoms with Gasteiger partial charge in [-0.15, -0.1) is 0 Å². The third kappa shape index (κ3) is 3.06. The van der Waals surface area contributed by atoms with Crippen LogP contribution in [-0.2, 0) is 11.8 Å². The van der Waals surface area contributed by atoms with E-state index in [0.717, 1.165) is 23.5 Å². The van der Waals surface area contributed by atoms with E-state index >= 15 is 0 Å². The first-order chi connectivity index (χ1) is 7.84. The van der Waals surface area contributed by atoms with Gasteiger partial charge in [-0.25, -0.2) is 0 Å². The maximum atomic E-state index is 11.5. The minimum Gasteiger partial charge on any atom is -0.368 e. The van der Waals surface area contributed by atoms with Crippen LogP contribution in [0.2, 0.25) is 0 Å². The standard InChI is InChI=1S/C12H22N4O/c1-7(2)6-14-11(12(13)17)10-8(3)15-16(5)9(10)4/h7,11,14H,6H2,1-5H3,(H2,13,17). The molecule has 1 amide bonds. The zero-order valence-corrected chi connectivity index (χ0v) is 11.2. The van der Waals surface area contributed by atoms with Crippen molar-refractivity contribution in [1.82, 2.24) is 15.1 Å². The Bertz CT molecular complexity index is 409. The lowest BCUT2D eigenvalue weighted by Crippen LogP contribution is -2.36. The lowest BCUT2D eigenvalue weighted by atomic mass is 10.0. The molecule has 0 radical (unpaired) electrons. The molecule has 0 bridgehead atoms. The Labute approximate surface area is 102 Å². The lowest BCUT2D eigenvalue weighted by molar-refractivity contribution is -0.120. The van der Waals surface area contributed by atoms with E-state index in [4.69, 9.17) is 5.73 Å². The first-order valence-electron chi connectivity index (χ1n) is 5.87. The Morgan fingerprint density at radius 2 is 2.06 bits per heavy atom. The highest BCUT2D eigenvalue weighted by Gasteiger charge is 2.24. The largest absolute Gasteiger partial charge is 0.368 e. The molecule has 1 aromatic rings. The van der Waals surface area contributed by atoms with Crippen LogP contribution in [0.5, 0.6) is 0 Å².